The number of aromatic nitrogens is 2. The van der Waals surface area contributed by atoms with E-state index in [2.05, 4.69) is 15.7 Å². The third kappa shape index (κ3) is 5.06. The summed E-state index contributed by atoms with van der Waals surface area (Å²) in [6.45, 7) is 2.17. The molecule has 1 aromatic carbocycles. The maximum atomic E-state index is 12.3. The van der Waals surface area contributed by atoms with Crippen LogP contribution in [0.3, 0.4) is 0 Å². The molecule has 0 saturated carbocycles. The average Bonchev–Trinajstić information content (AvgIpc) is 2.92. The van der Waals surface area contributed by atoms with E-state index in [0.29, 0.717) is 6.54 Å². The van der Waals surface area contributed by atoms with Gasteiger partial charge in [-0.1, -0.05) is 24.3 Å². The summed E-state index contributed by atoms with van der Waals surface area (Å²) in [7, 11) is 3.56. The summed E-state index contributed by atoms with van der Waals surface area (Å²) in [5.41, 5.74) is 2.67. The van der Waals surface area contributed by atoms with E-state index >= 15 is 0 Å². The zero-order chi connectivity index (χ0) is 16.1. The Morgan fingerprint density at radius 3 is 2.43 bits per heavy atom. The molecule has 0 spiro atoms. The van der Waals surface area contributed by atoms with Crippen LogP contribution < -0.4 is 10.6 Å². The number of halogens is 1. The van der Waals surface area contributed by atoms with Gasteiger partial charge in [0.2, 0.25) is 5.91 Å². The Morgan fingerprint density at radius 2 is 1.96 bits per heavy atom. The molecular weight excluding hydrogens is 316 g/mol. The van der Waals surface area contributed by atoms with Crippen LogP contribution in [0.1, 0.15) is 35.8 Å². The molecule has 0 fully saturated rings. The molecule has 2 atom stereocenters. The summed E-state index contributed by atoms with van der Waals surface area (Å²) in [6.07, 6.45) is 3.01. The molecule has 0 saturated heterocycles. The second kappa shape index (κ2) is 8.67. The van der Waals surface area contributed by atoms with Gasteiger partial charge in [-0.2, -0.15) is 5.10 Å². The van der Waals surface area contributed by atoms with Crippen molar-refractivity contribution in [1.29, 1.82) is 0 Å². The minimum absolute atomic E-state index is 0. The standard InChI is InChI=1S/C16H22N4O2.ClH/c1-11(21)13-6-4-12(5-7-13)8-18-16(22)15(17-2)14-9-19-20(3)10-14;/h4-7,9-11,15,17,21H,8H2,1-3H3,(H,18,22);1H. The first-order valence-electron chi connectivity index (χ1n) is 7.21. The lowest BCUT2D eigenvalue weighted by Crippen LogP contribution is -2.35. The summed E-state index contributed by atoms with van der Waals surface area (Å²) in [5.74, 6) is -0.102. The molecule has 23 heavy (non-hydrogen) atoms. The van der Waals surface area contributed by atoms with Crippen LogP contribution in [0.25, 0.3) is 0 Å². The highest BCUT2D eigenvalue weighted by Crippen LogP contribution is 2.14. The molecule has 0 aliphatic rings. The highest BCUT2D eigenvalue weighted by atomic mass is 35.5. The number of aliphatic hydroxyl groups is 1. The largest absolute Gasteiger partial charge is 0.389 e. The first-order valence-corrected chi connectivity index (χ1v) is 7.21. The van der Waals surface area contributed by atoms with E-state index in [9.17, 15) is 9.90 Å². The van der Waals surface area contributed by atoms with Crippen LogP contribution in [0.5, 0.6) is 0 Å². The Kier molecular flexibility index (Phi) is 7.22. The Balaban J connectivity index is 0.00000264. The van der Waals surface area contributed by atoms with Crippen LogP contribution in [0, 0.1) is 0 Å². The second-order valence-corrected chi connectivity index (χ2v) is 5.30. The first kappa shape index (κ1) is 19.2. The number of hydrogen-bond donors (Lipinski definition) is 3. The molecule has 6 nitrogen and oxygen atoms in total. The fourth-order valence-electron chi connectivity index (χ4n) is 2.24. The number of aryl methyl sites for hydroxylation is 1. The van der Waals surface area contributed by atoms with Gasteiger partial charge in [0.25, 0.3) is 0 Å². The number of rotatable bonds is 6. The van der Waals surface area contributed by atoms with Crippen molar-refractivity contribution in [2.24, 2.45) is 7.05 Å². The first-order chi connectivity index (χ1) is 10.5. The molecule has 0 radical (unpaired) electrons. The fourth-order valence-corrected chi connectivity index (χ4v) is 2.24. The average molecular weight is 339 g/mol. The van der Waals surface area contributed by atoms with E-state index in [1.807, 2.05) is 37.5 Å². The Hall–Kier alpha value is -1.89. The smallest absolute Gasteiger partial charge is 0.242 e. The monoisotopic (exact) mass is 338 g/mol. The van der Waals surface area contributed by atoms with Crippen molar-refractivity contribution in [2.75, 3.05) is 7.05 Å². The quantitative estimate of drug-likeness (QED) is 0.745. The number of hydrogen-bond acceptors (Lipinski definition) is 4. The molecule has 0 aliphatic heterocycles. The van der Waals surface area contributed by atoms with E-state index in [-0.39, 0.29) is 18.3 Å². The van der Waals surface area contributed by atoms with E-state index in [1.165, 1.54) is 0 Å². The minimum atomic E-state index is -0.483. The summed E-state index contributed by atoms with van der Waals surface area (Å²) >= 11 is 0. The third-order valence-corrected chi connectivity index (χ3v) is 3.54. The number of benzene rings is 1. The molecule has 1 amide bonds. The van der Waals surface area contributed by atoms with Crippen LogP contribution in [-0.4, -0.2) is 27.8 Å². The number of carbonyl (C=O) groups is 1. The summed E-state index contributed by atoms with van der Waals surface area (Å²) < 4.78 is 1.67. The van der Waals surface area contributed by atoms with Gasteiger partial charge in [0, 0.05) is 25.4 Å². The molecule has 0 aliphatic carbocycles. The summed E-state index contributed by atoms with van der Waals surface area (Å²) in [4.78, 5) is 12.3. The second-order valence-electron chi connectivity index (χ2n) is 5.30. The van der Waals surface area contributed by atoms with Gasteiger partial charge in [-0.15, -0.1) is 12.4 Å². The maximum Gasteiger partial charge on any atom is 0.242 e. The normalized spacial score (nSPS) is 13.0. The van der Waals surface area contributed by atoms with E-state index in [4.69, 9.17) is 0 Å². The van der Waals surface area contributed by atoms with E-state index < -0.39 is 12.1 Å². The van der Waals surface area contributed by atoms with Gasteiger partial charge >= 0.3 is 0 Å². The zero-order valence-corrected chi connectivity index (χ0v) is 14.3. The van der Waals surface area contributed by atoms with Crippen molar-refractivity contribution in [3.8, 4) is 0 Å². The highest BCUT2D eigenvalue weighted by molar-refractivity contribution is 5.85. The molecule has 7 heteroatoms. The van der Waals surface area contributed by atoms with E-state index in [0.717, 1.165) is 16.7 Å². The van der Waals surface area contributed by atoms with E-state index in [1.54, 1.807) is 24.9 Å². The van der Waals surface area contributed by atoms with Crippen molar-refractivity contribution in [1.82, 2.24) is 20.4 Å². The molecule has 1 aromatic heterocycles. The minimum Gasteiger partial charge on any atom is -0.389 e. The molecule has 2 aromatic rings. The van der Waals surface area contributed by atoms with Crippen LogP contribution in [-0.2, 0) is 18.4 Å². The fraction of sp³-hybridized carbons (Fsp3) is 0.375. The third-order valence-electron chi connectivity index (χ3n) is 3.54. The Bertz CT molecular complexity index is 625. The number of amides is 1. The summed E-state index contributed by atoms with van der Waals surface area (Å²) in [6, 6.07) is 7.11. The maximum absolute atomic E-state index is 12.3. The number of carbonyl (C=O) groups excluding carboxylic acids is 1. The van der Waals surface area contributed by atoms with Crippen molar-refractivity contribution < 1.29 is 9.90 Å². The Morgan fingerprint density at radius 1 is 1.30 bits per heavy atom. The van der Waals surface area contributed by atoms with Gasteiger partial charge < -0.3 is 15.7 Å². The van der Waals surface area contributed by atoms with Crippen molar-refractivity contribution in [2.45, 2.75) is 25.6 Å². The molecule has 1 heterocycles. The molecular formula is C16H23ClN4O2. The predicted octanol–water partition coefficient (Wildman–Crippen LogP) is 1.47. The number of nitrogens with one attached hydrogen (secondary N) is 2. The van der Waals surface area contributed by atoms with Gasteiger partial charge in [0.1, 0.15) is 6.04 Å². The van der Waals surface area contributed by atoms with Gasteiger partial charge in [-0.05, 0) is 25.1 Å². The van der Waals surface area contributed by atoms with Gasteiger partial charge in [-0.3, -0.25) is 9.48 Å². The van der Waals surface area contributed by atoms with Gasteiger partial charge in [-0.25, -0.2) is 0 Å². The lowest BCUT2D eigenvalue weighted by atomic mass is 10.1. The number of likely N-dealkylation sites (N-methyl/N-ethyl adjacent to an activating group) is 1. The molecule has 126 valence electrons. The molecule has 0 bridgehead atoms. The lowest BCUT2D eigenvalue weighted by Gasteiger charge is -2.15. The van der Waals surface area contributed by atoms with Crippen molar-refractivity contribution in [3.05, 3.63) is 53.3 Å². The van der Waals surface area contributed by atoms with Crippen molar-refractivity contribution in [3.63, 3.8) is 0 Å². The van der Waals surface area contributed by atoms with Crippen molar-refractivity contribution >= 4 is 18.3 Å². The van der Waals surface area contributed by atoms with Gasteiger partial charge in [0.05, 0.1) is 12.3 Å². The molecule has 2 unspecified atom stereocenters. The number of nitrogens with zero attached hydrogens (tertiary/aromatic N) is 2. The predicted molar refractivity (Wildman–Crippen MR) is 91.2 cm³/mol. The van der Waals surface area contributed by atoms with Gasteiger partial charge in [0.15, 0.2) is 0 Å². The van der Waals surface area contributed by atoms with Crippen LogP contribution in [0.15, 0.2) is 36.7 Å². The van der Waals surface area contributed by atoms with Crippen LogP contribution in [0.4, 0.5) is 0 Å². The number of aliphatic hydroxyl groups excluding tert-OH is 1. The molecule has 3 N–H and O–H groups in total. The SMILES string of the molecule is CNC(C(=O)NCc1ccc(C(C)O)cc1)c1cnn(C)c1.Cl. The summed E-state index contributed by atoms with van der Waals surface area (Å²) in [5, 5.41) is 19.5. The molecule has 2 rings (SSSR count). The van der Waals surface area contributed by atoms with Crippen LogP contribution >= 0.6 is 12.4 Å². The zero-order valence-electron chi connectivity index (χ0n) is 13.5. The Labute approximate surface area is 142 Å². The van der Waals surface area contributed by atoms with Crippen LogP contribution in [0.2, 0.25) is 0 Å². The topological polar surface area (TPSA) is 79.2 Å². The highest BCUT2D eigenvalue weighted by Gasteiger charge is 2.19. The lowest BCUT2D eigenvalue weighted by molar-refractivity contribution is -0.123.